The number of hydrogen-bond donors (Lipinski definition) is 0. The van der Waals surface area contributed by atoms with Gasteiger partial charge in [0.1, 0.15) is 22.4 Å². The number of aromatic nitrogens is 4. The molecule has 0 aliphatic heterocycles. The molecule has 96 valence electrons. The first-order valence-electron chi connectivity index (χ1n) is 5.72. The van der Waals surface area contributed by atoms with Crippen LogP contribution in [0.1, 0.15) is 5.82 Å². The summed E-state index contributed by atoms with van der Waals surface area (Å²) in [6.45, 7) is 1.80. The molecule has 3 rings (SSSR count). The third-order valence-electron chi connectivity index (χ3n) is 2.81. The normalized spacial score (nSPS) is 10.9. The second-order valence-electron chi connectivity index (χ2n) is 4.03. The monoisotopic (exact) mass is 274 g/mol. The van der Waals surface area contributed by atoms with Gasteiger partial charge in [-0.15, -0.1) is 0 Å². The van der Waals surface area contributed by atoms with E-state index in [0.717, 1.165) is 16.8 Å². The molecule has 0 spiro atoms. The highest BCUT2D eigenvalue weighted by atomic mass is 35.5. The smallest absolute Gasteiger partial charge is 0.168 e. The Hall–Kier alpha value is -2.14. The van der Waals surface area contributed by atoms with Gasteiger partial charge in [-0.05, 0) is 19.1 Å². The standard InChI is InChI=1S/C13H11ClN4O/c1-8-16-12(14)9-7-15-18(13(9)17-8)10-5-3-4-6-11(10)19-2/h3-7H,1-2H3. The van der Waals surface area contributed by atoms with Gasteiger partial charge in [0.2, 0.25) is 0 Å². The second-order valence-corrected chi connectivity index (χ2v) is 4.39. The fourth-order valence-electron chi connectivity index (χ4n) is 1.96. The Morgan fingerprint density at radius 2 is 2.00 bits per heavy atom. The molecule has 0 aliphatic rings. The van der Waals surface area contributed by atoms with Crippen molar-refractivity contribution in [1.82, 2.24) is 19.7 Å². The van der Waals surface area contributed by atoms with Crippen LogP contribution in [0.15, 0.2) is 30.5 Å². The number of aryl methyl sites for hydroxylation is 1. The van der Waals surface area contributed by atoms with Gasteiger partial charge < -0.3 is 4.74 Å². The molecule has 0 atom stereocenters. The largest absolute Gasteiger partial charge is 0.494 e. The van der Waals surface area contributed by atoms with E-state index in [4.69, 9.17) is 16.3 Å². The Bertz CT molecular complexity index is 753. The number of hydrogen-bond acceptors (Lipinski definition) is 4. The van der Waals surface area contributed by atoms with E-state index >= 15 is 0 Å². The predicted octanol–water partition coefficient (Wildman–Crippen LogP) is 2.79. The van der Waals surface area contributed by atoms with E-state index in [0.29, 0.717) is 16.6 Å². The number of benzene rings is 1. The zero-order chi connectivity index (χ0) is 13.4. The predicted molar refractivity (Wildman–Crippen MR) is 73.0 cm³/mol. The molecule has 3 aromatic rings. The van der Waals surface area contributed by atoms with Crippen molar-refractivity contribution < 1.29 is 4.74 Å². The van der Waals surface area contributed by atoms with E-state index in [9.17, 15) is 0 Å². The molecule has 0 saturated carbocycles. The van der Waals surface area contributed by atoms with Gasteiger partial charge in [-0.2, -0.15) is 5.10 Å². The summed E-state index contributed by atoms with van der Waals surface area (Å²) in [5.41, 5.74) is 1.48. The molecular formula is C13H11ClN4O. The summed E-state index contributed by atoms with van der Waals surface area (Å²) in [7, 11) is 1.62. The number of ether oxygens (including phenoxy) is 1. The number of halogens is 1. The summed E-state index contributed by atoms with van der Waals surface area (Å²) in [4.78, 5) is 8.52. The maximum Gasteiger partial charge on any atom is 0.168 e. The Kier molecular flexibility index (Phi) is 2.83. The molecule has 0 amide bonds. The van der Waals surface area contributed by atoms with Crippen LogP contribution in [0.25, 0.3) is 16.7 Å². The third kappa shape index (κ3) is 1.92. The van der Waals surface area contributed by atoms with Gasteiger partial charge in [0.15, 0.2) is 5.65 Å². The van der Waals surface area contributed by atoms with Crippen LogP contribution in [0, 0.1) is 6.92 Å². The summed E-state index contributed by atoms with van der Waals surface area (Å²) < 4.78 is 7.04. The van der Waals surface area contributed by atoms with Gasteiger partial charge in [-0.1, -0.05) is 23.7 Å². The van der Waals surface area contributed by atoms with E-state index in [1.807, 2.05) is 24.3 Å². The SMILES string of the molecule is COc1ccccc1-n1ncc2c(Cl)nc(C)nc21. The van der Waals surface area contributed by atoms with Crippen molar-refractivity contribution in [3.8, 4) is 11.4 Å². The molecule has 2 heterocycles. The van der Waals surface area contributed by atoms with Crippen LogP contribution in [0.4, 0.5) is 0 Å². The lowest BCUT2D eigenvalue weighted by Gasteiger charge is -2.08. The number of methoxy groups -OCH3 is 1. The number of para-hydroxylation sites is 2. The van der Waals surface area contributed by atoms with Gasteiger partial charge in [-0.3, -0.25) is 0 Å². The van der Waals surface area contributed by atoms with E-state index in [1.165, 1.54) is 0 Å². The van der Waals surface area contributed by atoms with Gasteiger partial charge >= 0.3 is 0 Å². The van der Waals surface area contributed by atoms with Crippen LogP contribution in [0.3, 0.4) is 0 Å². The Morgan fingerprint density at radius 1 is 1.21 bits per heavy atom. The van der Waals surface area contributed by atoms with Gasteiger partial charge in [-0.25, -0.2) is 14.6 Å². The maximum absolute atomic E-state index is 6.10. The average molecular weight is 275 g/mol. The molecule has 2 aromatic heterocycles. The van der Waals surface area contributed by atoms with Crippen molar-refractivity contribution in [2.45, 2.75) is 6.92 Å². The van der Waals surface area contributed by atoms with Crippen molar-refractivity contribution in [1.29, 1.82) is 0 Å². The summed E-state index contributed by atoms with van der Waals surface area (Å²) >= 11 is 6.10. The van der Waals surface area contributed by atoms with Gasteiger partial charge in [0, 0.05) is 0 Å². The van der Waals surface area contributed by atoms with Crippen molar-refractivity contribution in [2.75, 3.05) is 7.11 Å². The number of fused-ring (bicyclic) bond motifs is 1. The van der Waals surface area contributed by atoms with E-state index in [1.54, 1.807) is 24.9 Å². The summed E-state index contributed by atoms with van der Waals surface area (Å²) in [6.07, 6.45) is 1.66. The molecule has 0 unspecified atom stereocenters. The topological polar surface area (TPSA) is 52.8 Å². The fraction of sp³-hybridized carbons (Fsp3) is 0.154. The van der Waals surface area contributed by atoms with Crippen LogP contribution in [-0.2, 0) is 0 Å². The lowest BCUT2D eigenvalue weighted by molar-refractivity contribution is 0.412. The highest BCUT2D eigenvalue weighted by Crippen LogP contribution is 2.27. The third-order valence-corrected chi connectivity index (χ3v) is 3.10. The lowest BCUT2D eigenvalue weighted by atomic mass is 10.3. The van der Waals surface area contributed by atoms with Crippen LogP contribution < -0.4 is 4.74 Å². The van der Waals surface area contributed by atoms with Crippen molar-refractivity contribution >= 4 is 22.6 Å². The average Bonchev–Trinajstić information content (AvgIpc) is 2.82. The molecule has 6 heteroatoms. The molecule has 0 N–H and O–H groups in total. The molecule has 0 fully saturated rings. The van der Waals surface area contributed by atoms with Gasteiger partial charge in [0.25, 0.3) is 0 Å². The van der Waals surface area contributed by atoms with Crippen LogP contribution in [0.2, 0.25) is 5.15 Å². The second kappa shape index (κ2) is 4.51. The summed E-state index contributed by atoms with van der Waals surface area (Å²) in [5, 5.41) is 5.45. The zero-order valence-electron chi connectivity index (χ0n) is 10.5. The fourth-order valence-corrected chi connectivity index (χ4v) is 2.21. The summed E-state index contributed by atoms with van der Waals surface area (Å²) in [5.74, 6) is 1.33. The Labute approximate surface area is 114 Å². The molecule has 5 nitrogen and oxygen atoms in total. The first-order valence-corrected chi connectivity index (χ1v) is 6.10. The van der Waals surface area contributed by atoms with Gasteiger partial charge in [0.05, 0.1) is 18.7 Å². The lowest BCUT2D eigenvalue weighted by Crippen LogP contribution is -2.01. The zero-order valence-corrected chi connectivity index (χ0v) is 11.2. The van der Waals surface area contributed by atoms with Crippen LogP contribution >= 0.6 is 11.6 Å². The minimum Gasteiger partial charge on any atom is -0.494 e. The minimum absolute atomic E-state index is 0.406. The van der Waals surface area contributed by atoms with E-state index < -0.39 is 0 Å². The summed E-state index contributed by atoms with van der Waals surface area (Å²) in [6, 6.07) is 7.61. The number of nitrogens with zero attached hydrogens (tertiary/aromatic N) is 4. The van der Waals surface area contributed by atoms with Crippen molar-refractivity contribution in [3.63, 3.8) is 0 Å². The quantitative estimate of drug-likeness (QED) is 0.674. The molecule has 19 heavy (non-hydrogen) atoms. The molecular weight excluding hydrogens is 264 g/mol. The molecule has 0 aliphatic carbocycles. The molecule has 0 saturated heterocycles. The van der Waals surface area contributed by atoms with Crippen molar-refractivity contribution in [3.05, 3.63) is 41.4 Å². The highest BCUT2D eigenvalue weighted by Gasteiger charge is 2.13. The van der Waals surface area contributed by atoms with E-state index in [-0.39, 0.29) is 0 Å². The first-order chi connectivity index (χ1) is 9.20. The maximum atomic E-state index is 6.10. The minimum atomic E-state index is 0.406. The van der Waals surface area contributed by atoms with Crippen molar-refractivity contribution in [2.24, 2.45) is 0 Å². The van der Waals surface area contributed by atoms with E-state index in [2.05, 4.69) is 15.1 Å². The highest BCUT2D eigenvalue weighted by molar-refractivity contribution is 6.33. The van der Waals surface area contributed by atoms with Crippen LogP contribution in [-0.4, -0.2) is 26.9 Å². The molecule has 0 radical (unpaired) electrons. The first kappa shape index (κ1) is 11.9. The Morgan fingerprint density at radius 3 is 2.79 bits per heavy atom. The number of rotatable bonds is 2. The van der Waals surface area contributed by atoms with Crippen LogP contribution in [0.5, 0.6) is 5.75 Å². The molecule has 0 bridgehead atoms. The molecule has 1 aromatic carbocycles. The Balaban J connectivity index is 2.31.